The molecule has 0 saturated carbocycles. The van der Waals surface area contributed by atoms with Gasteiger partial charge in [0.05, 0.1) is 15.5 Å². The van der Waals surface area contributed by atoms with Crippen molar-refractivity contribution in [3.05, 3.63) is 98.5 Å². The van der Waals surface area contributed by atoms with E-state index in [1.165, 1.54) is 29.2 Å². The minimum absolute atomic E-state index is 0.0332. The molecule has 0 aliphatic heterocycles. The molecule has 0 aliphatic rings. The van der Waals surface area contributed by atoms with Gasteiger partial charge in [0.2, 0.25) is 11.8 Å². The van der Waals surface area contributed by atoms with Gasteiger partial charge < -0.3 is 10.2 Å². The lowest BCUT2D eigenvalue weighted by molar-refractivity contribution is -0.384. The zero-order chi connectivity index (χ0) is 31.0. The number of benzene rings is 3. The van der Waals surface area contributed by atoms with Crippen molar-refractivity contribution in [3.8, 4) is 0 Å². The molecule has 1 atom stereocenters. The van der Waals surface area contributed by atoms with Gasteiger partial charge in [0.1, 0.15) is 12.6 Å². The van der Waals surface area contributed by atoms with Crippen LogP contribution in [0.3, 0.4) is 0 Å². The van der Waals surface area contributed by atoms with Gasteiger partial charge in [-0.25, -0.2) is 8.42 Å². The predicted octanol–water partition coefficient (Wildman–Crippen LogP) is 5.68. The minimum Gasteiger partial charge on any atom is -0.354 e. The molecule has 0 fully saturated rings. The van der Waals surface area contributed by atoms with Crippen LogP contribution in [0.5, 0.6) is 0 Å². The summed E-state index contributed by atoms with van der Waals surface area (Å²) in [5, 5.41) is 14.6. The van der Waals surface area contributed by atoms with E-state index < -0.39 is 39.3 Å². The van der Waals surface area contributed by atoms with E-state index >= 15 is 0 Å². The molecule has 0 aliphatic carbocycles. The Morgan fingerprint density at radius 3 is 2.07 bits per heavy atom. The van der Waals surface area contributed by atoms with Gasteiger partial charge >= 0.3 is 0 Å². The zero-order valence-electron chi connectivity index (χ0n) is 23.4. The summed E-state index contributed by atoms with van der Waals surface area (Å²) < 4.78 is 28.5. The molecular weight excluding hydrogens is 603 g/mol. The summed E-state index contributed by atoms with van der Waals surface area (Å²) in [6.45, 7) is 5.12. The fourth-order valence-corrected chi connectivity index (χ4v) is 6.14. The molecular formula is C29H32Cl2N4O6S. The number of nitro benzene ring substituents is 1. The van der Waals surface area contributed by atoms with E-state index in [0.29, 0.717) is 12.1 Å². The van der Waals surface area contributed by atoms with Gasteiger partial charge in [-0.3, -0.25) is 24.0 Å². The van der Waals surface area contributed by atoms with Crippen molar-refractivity contribution in [3.63, 3.8) is 0 Å². The molecule has 1 unspecified atom stereocenters. The fourth-order valence-electron chi connectivity index (χ4n) is 4.18. The summed E-state index contributed by atoms with van der Waals surface area (Å²) in [5.74, 6) is -0.951. The number of hydrogen-bond acceptors (Lipinski definition) is 6. The molecule has 3 aromatic rings. The second kappa shape index (κ2) is 14.5. The van der Waals surface area contributed by atoms with Gasteiger partial charge in [-0.05, 0) is 48.7 Å². The number of carbonyl (C=O) groups is 2. The number of halogens is 2. The zero-order valence-corrected chi connectivity index (χ0v) is 25.7. The molecule has 2 amide bonds. The Bertz CT molecular complexity index is 1500. The highest BCUT2D eigenvalue weighted by Crippen LogP contribution is 2.29. The molecule has 0 heterocycles. The smallest absolute Gasteiger partial charge is 0.269 e. The number of nitrogens with one attached hydrogen (secondary N) is 1. The maximum atomic E-state index is 14.1. The van der Waals surface area contributed by atoms with E-state index in [4.69, 9.17) is 23.2 Å². The Morgan fingerprint density at radius 1 is 0.952 bits per heavy atom. The normalized spacial score (nSPS) is 12.0. The number of carbonyl (C=O) groups excluding carboxylic acids is 2. The molecule has 3 aromatic carbocycles. The summed E-state index contributed by atoms with van der Waals surface area (Å²) in [7, 11) is -4.32. The summed E-state index contributed by atoms with van der Waals surface area (Å²) in [5.41, 5.74) is 0.188. The molecule has 10 nitrogen and oxygen atoms in total. The minimum atomic E-state index is -4.32. The van der Waals surface area contributed by atoms with E-state index in [1.807, 2.05) is 13.8 Å². The lowest BCUT2D eigenvalue weighted by atomic mass is 10.1. The highest BCUT2D eigenvalue weighted by atomic mass is 35.5. The van der Waals surface area contributed by atoms with E-state index in [2.05, 4.69) is 5.32 Å². The lowest BCUT2D eigenvalue weighted by Gasteiger charge is -2.33. The largest absolute Gasteiger partial charge is 0.354 e. The topological polar surface area (TPSA) is 130 Å². The van der Waals surface area contributed by atoms with Crippen LogP contribution in [0.15, 0.2) is 77.7 Å². The predicted molar refractivity (Wildman–Crippen MR) is 163 cm³/mol. The monoisotopic (exact) mass is 634 g/mol. The van der Waals surface area contributed by atoms with Crippen molar-refractivity contribution in [2.75, 3.05) is 17.4 Å². The van der Waals surface area contributed by atoms with Gasteiger partial charge in [0.25, 0.3) is 15.7 Å². The van der Waals surface area contributed by atoms with Crippen LogP contribution in [-0.4, -0.2) is 49.2 Å². The van der Waals surface area contributed by atoms with Crippen molar-refractivity contribution in [1.29, 1.82) is 0 Å². The first-order valence-corrected chi connectivity index (χ1v) is 15.4. The van der Waals surface area contributed by atoms with Gasteiger partial charge in [-0.2, -0.15) is 0 Å². The first-order valence-electron chi connectivity index (χ1n) is 13.2. The number of nitrogens with zero attached hydrogens (tertiary/aromatic N) is 3. The Balaban J connectivity index is 2.09. The number of hydrogen-bond donors (Lipinski definition) is 1. The molecule has 0 aromatic heterocycles. The maximum Gasteiger partial charge on any atom is 0.269 e. The number of non-ortho nitro benzene ring substituents is 1. The first kappa shape index (κ1) is 32.8. The van der Waals surface area contributed by atoms with E-state index in [1.54, 1.807) is 43.3 Å². The highest BCUT2D eigenvalue weighted by molar-refractivity contribution is 7.92. The third-order valence-electron chi connectivity index (χ3n) is 6.42. The lowest BCUT2D eigenvalue weighted by Crippen LogP contribution is -2.52. The van der Waals surface area contributed by atoms with Crippen LogP contribution >= 0.6 is 23.2 Å². The number of nitro groups is 1. The second-order valence-corrected chi connectivity index (χ2v) is 12.6. The van der Waals surface area contributed by atoms with Crippen LogP contribution in [-0.2, 0) is 26.2 Å². The SMILES string of the molecule is CCC(C(=O)NCC(C)C)N(Cc1c(Cl)cccc1Cl)C(=O)CN(c1ccc([N+](=O)[O-])cc1)S(=O)(=O)c1ccccc1. The van der Waals surface area contributed by atoms with Gasteiger partial charge in [0, 0.05) is 40.8 Å². The molecule has 0 saturated heterocycles. The summed E-state index contributed by atoms with van der Waals surface area (Å²) in [6.07, 6.45) is 0.223. The van der Waals surface area contributed by atoms with Crippen molar-refractivity contribution >= 4 is 56.4 Å². The molecule has 1 N–H and O–H groups in total. The van der Waals surface area contributed by atoms with E-state index in [-0.39, 0.29) is 45.2 Å². The highest BCUT2D eigenvalue weighted by Gasteiger charge is 2.34. The Kier molecular flexibility index (Phi) is 11.3. The molecule has 0 spiro atoms. The van der Waals surface area contributed by atoms with Gasteiger partial charge in [-0.15, -0.1) is 0 Å². The van der Waals surface area contributed by atoms with Crippen LogP contribution in [0.25, 0.3) is 0 Å². The summed E-state index contributed by atoms with van der Waals surface area (Å²) in [6, 6.07) is 16.2. The Morgan fingerprint density at radius 2 is 1.55 bits per heavy atom. The molecule has 224 valence electrons. The van der Waals surface area contributed by atoms with E-state index in [9.17, 15) is 28.1 Å². The Hall–Kier alpha value is -3.67. The standard InChI is InChI=1S/C29H32Cl2N4O6S/c1-4-27(29(37)32-17-20(2)3)33(18-24-25(30)11-8-12-26(24)31)28(36)19-34(21-13-15-22(16-14-21)35(38)39)42(40,41)23-9-6-5-7-10-23/h5-16,20,27H,4,17-19H2,1-3H3,(H,32,37). The average Bonchev–Trinajstić information content (AvgIpc) is 2.96. The maximum absolute atomic E-state index is 14.1. The van der Waals surface area contributed by atoms with Crippen molar-refractivity contribution < 1.29 is 22.9 Å². The van der Waals surface area contributed by atoms with Crippen molar-refractivity contribution in [1.82, 2.24) is 10.2 Å². The molecule has 42 heavy (non-hydrogen) atoms. The summed E-state index contributed by atoms with van der Waals surface area (Å²) >= 11 is 12.8. The molecule has 13 heteroatoms. The fraction of sp³-hybridized carbons (Fsp3) is 0.310. The van der Waals surface area contributed by atoms with Crippen LogP contribution in [0, 0.1) is 16.0 Å². The number of anilines is 1. The number of amides is 2. The van der Waals surface area contributed by atoms with Gasteiger partial charge in [0.15, 0.2) is 0 Å². The number of sulfonamides is 1. The third-order valence-corrected chi connectivity index (χ3v) is 8.92. The van der Waals surface area contributed by atoms with Crippen LogP contribution < -0.4 is 9.62 Å². The van der Waals surface area contributed by atoms with Crippen LogP contribution in [0.4, 0.5) is 11.4 Å². The van der Waals surface area contributed by atoms with Gasteiger partial charge in [-0.1, -0.05) is 68.2 Å². The Labute approximate surface area is 255 Å². The third kappa shape index (κ3) is 7.99. The van der Waals surface area contributed by atoms with Crippen molar-refractivity contribution in [2.24, 2.45) is 5.92 Å². The van der Waals surface area contributed by atoms with Crippen LogP contribution in [0.1, 0.15) is 32.8 Å². The number of rotatable bonds is 13. The molecule has 3 rings (SSSR count). The molecule has 0 radical (unpaired) electrons. The van der Waals surface area contributed by atoms with Crippen LogP contribution in [0.2, 0.25) is 10.0 Å². The molecule has 0 bridgehead atoms. The second-order valence-electron chi connectivity index (χ2n) is 9.88. The summed E-state index contributed by atoms with van der Waals surface area (Å²) in [4.78, 5) is 39.2. The average molecular weight is 636 g/mol. The van der Waals surface area contributed by atoms with E-state index in [0.717, 1.165) is 16.4 Å². The first-order chi connectivity index (χ1) is 19.9. The quantitative estimate of drug-likeness (QED) is 0.190. The van der Waals surface area contributed by atoms with Crippen molar-refractivity contribution in [2.45, 2.75) is 44.7 Å².